The highest BCUT2D eigenvalue weighted by Gasteiger charge is 2.76. The zero-order valence-corrected chi connectivity index (χ0v) is 31.7. The van der Waals surface area contributed by atoms with E-state index in [1.807, 2.05) is 0 Å². The number of likely N-dealkylation sites (N-methyl/N-ethyl adjacent to an activating group) is 1. The Morgan fingerprint density at radius 3 is 1.58 bits per heavy atom. The van der Waals surface area contributed by atoms with E-state index in [1.165, 1.54) is 65.9 Å². The zero-order valence-electron chi connectivity index (χ0n) is 31.7. The van der Waals surface area contributed by atoms with Crippen LogP contribution in [0.4, 0.5) is 0 Å². The lowest BCUT2D eigenvalue weighted by molar-refractivity contribution is -0.923. The van der Waals surface area contributed by atoms with Crippen molar-refractivity contribution in [2.24, 2.45) is 0 Å². The van der Waals surface area contributed by atoms with Crippen LogP contribution in [0.2, 0.25) is 0 Å². The van der Waals surface area contributed by atoms with Gasteiger partial charge in [0.15, 0.2) is 23.9 Å². The van der Waals surface area contributed by atoms with E-state index in [9.17, 15) is 0 Å². The first-order valence-corrected chi connectivity index (χ1v) is 19.8. The minimum atomic E-state index is -1.03. The van der Waals surface area contributed by atoms with Crippen LogP contribution < -0.4 is 9.47 Å². The fraction of sp³-hybridized carbons (Fsp3) is 0.447. The highest BCUT2D eigenvalue weighted by molar-refractivity contribution is 5.88. The van der Waals surface area contributed by atoms with Crippen LogP contribution in [0.3, 0.4) is 0 Å². The summed E-state index contributed by atoms with van der Waals surface area (Å²) >= 11 is 0. The van der Waals surface area contributed by atoms with Gasteiger partial charge in [0, 0.05) is 19.3 Å². The van der Waals surface area contributed by atoms with E-state index in [0.29, 0.717) is 12.1 Å². The Kier molecular flexibility index (Phi) is 9.95. The maximum absolute atomic E-state index is 7.27. The van der Waals surface area contributed by atoms with Crippen LogP contribution >= 0.6 is 0 Å². The largest absolute Gasteiger partial charge is 0.704 e. The van der Waals surface area contributed by atoms with Gasteiger partial charge in [0.2, 0.25) is 12.1 Å². The molecule has 0 aromatic heterocycles. The fourth-order valence-corrected chi connectivity index (χ4v) is 9.64. The first kappa shape index (κ1) is 36.2. The Morgan fingerprint density at radius 1 is 0.654 bits per heavy atom. The second-order valence-electron chi connectivity index (χ2n) is 15.5. The van der Waals surface area contributed by atoms with Crippen LogP contribution in [-0.2, 0) is 12.8 Å². The smallest absolute Gasteiger partial charge is 0.340 e. The van der Waals surface area contributed by atoms with Crippen molar-refractivity contribution in [2.75, 3.05) is 26.2 Å². The van der Waals surface area contributed by atoms with Crippen molar-refractivity contribution >= 4 is 12.4 Å². The second-order valence-corrected chi connectivity index (χ2v) is 15.5. The maximum Gasteiger partial charge on any atom is 0.704 e. The maximum atomic E-state index is 7.27. The first-order valence-electron chi connectivity index (χ1n) is 19.8. The SMILES string of the molecule is C.CCCc1ccccc1-c1cc(C)c2c(c1)C=[N+]1C3CCCCC3[N+]3=Cc4cc(-c5ccccc5CC[N+](CC)(CC)CC)cc(C)c4OC13O2. The van der Waals surface area contributed by atoms with Gasteiger partial charge in [-0.3, -0.25) is 0 Å². The molecule has 3 aliphatic heterocycles. The molecule has 0 N–H and O–H groups in total. The molecule has 3 heterocycles. The van der Waals surface area contributed by atoms with Gasteiger partial charge in [0.05, 0.1) is 37.3 Å². The van der Waals surface area contributed by atoms with Gasteiger partial charge in [-0.05, 0) is 123 Å². The third kappa shape index (κ3) is 5.90. The molecular weight excluding hydrogens is 639 g/mol. The van der Waals surface area contributed by atoms with E-state index in [2.05, 4.69) is 136 Å². The van der Waals surface area contributed by atoms with Gasteiger partial charge in [0.1, 0.15) is 0 Å². The third-order valence-corrected chi connectivity index (χ3v) is 12.7. The molecule has 4 aromatic rings. The molecular formula is C47H60N3O2+3. The van der Waals surface area contributed by atoms with Crippen molar-refractivity contribution in [1.29, 1.82) is 0 Å². The molecule has 0 amide bonds. The molecule has 4 aliphatic rings. The van der Waals surface area contributed by atoms with Gasteiger partial charge in [0.25, 0.3) is 0 Å². The number of rotatable bonds is 10. The summed E-state index contributed by atoms with van der Waals surface area (Å²) in [5.41, 5.74) is 12.6. The molecule has 5 heteroatoms. The Morgan fingerprint density at radius 2 is 1.12 bits per heavy atom. The molecule has 52 heavy (non-hydrogen) atoms. The lowest BCUT2D eigenvalue weighted by Gasteiger charge is -2.36. The number of fused-ring (bicyclic) bond motifs is 5. The van der Waals surface area contributed by atoms with Crippen molar-refractivity contribution in [3.05, 3.63) is 106 Å². The lowest BCUT2D eigenvalue weighted by Crippen LogP contribution is -2.60. The Bertz CT molecular complexity index is 2030. The highest BCUT2D eigenvalue weighted by atomic mass is 16.7. The number of aryl methyl sites for hydroxylation is 3. The summed E-state index contributed by atoms with van der Waals surface area (Å²) < 4.78 is 20.5. The molecule has 8 rings (SSSR count). The van der Waals surface area contributed by atoms with Crippen LogP contribution in [0.15, 0.2) is 72.8 Å². The summed E-state index contributed by atoms with van der Waals surface area (Å²) in [6.07, 6.45) is 12.7. The summed E-state index contributed by atoms with van der Waals surface area (Å²) in [5.74, 6) is 1.85. The van der Waals surface area contributed by atoms with E-state index >= 15 is 0 Å². The van der Waals surface area contributed by atoms with E-state index in [-0.39, 0.29) is 7.43 Å². The van der Waals surface area contributed by atoms with Gasteiger partial charge < -0.3 is 14.0 Å². The Hall–Kier alpha value is -4.22. The van der Waals surface area contributed by atoms with Gasteiger partial charge in [-0.1, -0.05) is 78.5 Å². The average molecular weight is 699 g/mol. The van der Waals surface area contributed by atoms with E-state index in [4.69, 9.17) is 9.47 Å². The summed E-state index contributed by atoms with van der Waals surface area (Å²) in [5, 5.41) is 0. The minimum Gasteiger partial charge on any atom is -0.340 e. The standard InChI is InChI=1S/C46H56N3O2.CH4/c1-7-17-34-18-11-13-20-40(34)36-26-32(5)44-38(28-36)30-47-42-22-15-16-23-43(42)48-31-39-29-37(27-33(6)45(39)51-46(47,48)50-44)41-21-14-12-19-35(41)24-25-49(8-2,9-3)10-4;/h11-14,18-21,26-31,42-43H,7-10,15-17,22-25H2,1-6H3;1H4/q+3;. The van der Waals surface area contributed by atoms with Crippen LogP contribution in [0, 0.1) is 13.8 Å². The van der Waals surface area contributed by atoms with Gasteiger partial charge in [-0.15, -0.1) is 0 Å². The molecule has 5 nitrogen and oxygen atoms in total. The van der Waals surface area contributed by atoms with Gasteiger partial charge in [-0.2, -0.15) is 0 Å². The molecule has 1 saturated carbocycles. The van der Waals surface area contributed by atoms with Crippen molar-refractivity contribution < 1.29 is 23.1 Å². The van der Waals surface area contributed by atoms with Crippen molar-refractivity contribution in [2.45, 2.75) is 112 Å². The zero-order chi connectivity index (χ0) is 35.3. The van der Waals surface area contributed by atoms with E-state index in [1.54, 1.807) is 0 Å². The quantitative estimate of drug-likeness (QED) is 0.122. The minimum absolute atomic E-state index is 0. The first-order chi connectivity index (χ1) is 24.8. The average Bonchev–Trinajstić information content (AvgIpc) is 3.43. The number of quaternary nitrogens is 1. The number of hydrogen-bond donors (Lipinski definition) is 0. The highest BCUT2D eigenvalue weighted by Crippen LogP contribution is 2.47. The van der Waals surface area contributed by atoms with E-state index in [0.717, 1.165) is 76.9 Å². The molecule has 0 radical (unpaired) electrons. The molecule has 4 aromatic carbocycles. The molecule has 1 saturated heterocycles. The fourth-order valence-electron chi connectivity index (χ4n) is 9.64. The predicted molar refractivity (Wildman–Crippen MR) is 215 cm³/mol. The van der Waals surface area contributed by atoms with Gasteiger partial charge >= 0.3 is 6.03 Å². The predicted octanol–water partition coefficient (Wildman–Crippen LogP) is 9.93. The second kappa shape index (κ2) is 14.3. The van der Waals surface area contributed by atoms with Crippen LogP contribution in [-0.4, -0.2) is 70.4 Å². The van der Waals surface area contributed by atoms with Crippen molar-refractivity contribution in [3.8, 4) is 33.8 Å². The summed E-state index contributed by atoms with van der Waals surface area (Å²) in [6.45, 7) is 18.3. The Labute approximate surface area is 312 Å². The normalized spacial score (nSPS) is 21.2. The summed E-state index contributed by atoms with van der Waals surface area (Å²) in [6, 6.07) is 26.9. The molecule has 272 valence electrons. The molecule has 3 unspecified atom stereocenters. The van der Waals surface area contributed by atoms with Gasteiger partial charge in [-0.25, -0.2) is 0 Å². The van der Waals surface area contributed by atoms with Crippen LogP contribution in [0.25, 0.3) is 22.3 Å². The number of benzene rings is 4. The summed E-state index contributed by atoms with van der Waals surface area (Å²) in [7, 11) is 0. The number of nitrogens with zero attached hydrogens (tertiary/aromatic N) is 3. The molecule has 1 spiro atoms. The number of hydrogen-bond acceptors (Lipinski definition) is 2. The third-order valence-electron chi connectivity index (χ3n) is 12.7. The monoisotopic (exact) mass is 698 g/mol. The molecule has 1 aliphatic carbocycles. The van der Waals surface area contributed by atoms with E-state index < -0.39 is 6.03 Å². The molecule has 3 atom stereocenters. The van der Waals surface area contributed by atoms with Crippen molar-refractivity contribution in [1.82, 2.24) is 0 Å². The van der Waals surface area contributed by atoms with Crippen molar-refractivity contribution in [3.63, 3.8) is 0 Å². The lowest BCUT2D eigenvalue weighted by atomic mass is 9.90. The number of ether oxygens (including phenoxy) is 2. The topological polar surface area (TPSA) is 24.5 Å². The Balaban J connectivity index is 0.00000420. The summed E-state index contributed by atoms with van der Waals surface area (Å²) in [4.78, 5) is 0. The molecule has 2 fully saturated rings. The van der Waals surface area contributed by atoms with Crippen LogP contribution in [0.1, 0.15) is 101 Å². The molecule has 0 bridgehead atoms. The van der Waals surface area contributed by atoms with Crippen LogP contribution in [0.5, 0.6) is 11.5 Å².